The average Bonchev–Trinajstić information content (AvgIpc) is 2.58. The molecule has 4 nitrogen and oxygen atoms in total. The number of carbonyl (C=O) groups excluding carboxylic acids is 2. The molecule has 96 valence electrons. The van der Waals surface area contributed by atoms with Gasteiger partial charge in [-0.05, 0) is 37.0 Å². The fourth-order valence-electron chi connectivity index (χ4n) is 3.19. The monoisotopic (exact) mass is 238 g/mol. The van der Waals surface area contributed by atoms with Crippen molar-refractivity contribution in [2.45, 2.75) is 52.0 Å². The zero-order valence-electron chi connectivity index (χ0n) is 10.7. The summed E-state index contributed by atoms with van der Waals surface area (Å²) >= 11 is 0. The van der Waals surface area contributed by atoms with Crippen molar-refractivity contribution in [3.8, 4) is 0 Å². The van der Waals surface area contributed by atoms with Crippen LogP contribution < -0.4 is 10.6 Å². The minimum absolute atomic E-state index is 0.137. The quantitative estimate of drug-likeness (QED) is 0.739. The van der Waals surface area contributed by atoms with Gasteiger partial charge in [-0.1, -0.05) is 26.7 Å². The highest BCUT2D eigenvalue weighted by Crippen LogP contribution is 2.34. The molecule has 2 rings (SSSR count). The van der Waals surface area contributed by atoms with Crippen LogP contribution in [0, 0.1) is 17.8 Å². The number of imide groups is 1. The largest absolute Gasteiger partial charge is 0.326 e. The van der Waals surface area contributed by atoms with Gasteiger partial charge in [0.05, 0.1) is 0 Å². The summed E-state index contributed by atoms with van der Waals surface area (Å²) in [7, 11) is 0. The maximum atomic E-state index is 11.5. The first-order valence-electron chi connectivity index (χ1n) is 6.67. The molecule has 1 saturated heterocycles. The minimum Gasteiger partial charge on any atom is -0.326 e. The van der Waals surface area contributed by atoms with E-state index in [1.165, 1.54) is 19.3 Å². The predicted molar refractivity (Wildman–Crippen MR) is 65.4 cm³/mol. The standard InChI is InChI=1S/C13H22N2O2/c1-8(2)7-9-3-5-10(6-4-9)11-12(16)15-13(17)14-11/h8-11H,3-7H2,1-2H3,(H2,14,15,16,17). The van der Waals surface area contributed by atoms with Crippen molar-refractivity contribution in [1.82, 2.24) is 10.6 Å². The highest BCUT2D eigenvalue weighted by molar-refractivity contribution is 6.04. The van der Waals surface area contributed by atoms with Gasteiger partial charge in [-0.2, -0.15) is 0 Å². The molecule has 1 aliphatic heterocycles. The Morgan fingerprint density at radius 1 is 1.18 bits per heavy atom. The third-order valence-corrected chi connectivity index (χ3v) is 3.97. The smallest absolute Gasteiger partial charge is 0.322 e. The molecule has 4 heteroatoms. The van der Waals surface area contributed by atoms with Crippen LogP contribution in [-0.4, -0.2) is 18.0 Å². The molecule has 2 aliphatic rings. The first-order valence-corrected chi connectivity index (χ1v) is 6.67. The molecule has 3 amide bonds. The molecule has 17 heavy (non-hydrogen) atoms. The second-order valence-electron chi connectivity index (χ2n) is 5.85. The van der Waals surface area contributed by atoms with Gasteiger partial charge in [0.25, 0.3) is 5.91 Å². The van der Waals surface area contributed by atoms with Crippen LogP contribution >= 0.6 is 0 Å². The van der Waals surface area contributed by atoms with Gasteiger partial charge in [0, 0.05) is 0 Å². The summed E-state index contributed by atoms with van der Waals surface area (Å²) in [6.07, 6.45) is 5.81. The third-order valence-electron chi connectivity index (χ3n) is 3.97. The van der Waals surface area contributed by atoms with E-state index in [4.69, 9.17) is 0 Å². The SMILES string of the molecule is CC(C)CC1CCC(C2NC(=O)NC2=O)CC1. The molecule has 0 radical (unpaired) electrons. The van der Waals surface area contributed by atoms with Crippen molar-refractivity contribution in [3.05, 3.63) is 0 Å². The summed E-state index contributed by atoms with van der Waals surface area (Å²) in [4.78, 5) is 22.6. The summed E-state index contributed by atoms with van der Waals surface area (Å²) in [5.74, 6) is 1.77. The summed E-state index contributed by atoms with van der Waals surface area (Å²) in [6, 6.07) is -0.605. The van der Waals surface area contributed by atoms with E-state index in [1.54, 1.807) is 0 Å². The molecular formula is C13H22N2O2. The summed E-state index contributed by atoms with van der Waals surface area (Å²) in [6.45, 7) is 4.52. The van der Waals surface area contributed by atoms with E-state index >= 15 is 0 Å². The first kappa shape index (κ1) is 12.4. The van der Waals surface area contributed by atoms with Gasteiger partial charge < -0.3 is 5.32 Å². The zero-order valence-corrected chi connectivity index (χ0v) is 10.7. The number of hydrogen-bond acceptors (Lipinski definition) is 2. The predicted octanol–water partition coefficient (Wildman–Crippen LogP) is 2.05. The topological polar surface area (TPSA) is 58.2 Å². The van der Waals surface area contributed by atoms with Gasteiger partial charge in [0.1, 0.15) is 6.04 Å². The molecule has 0 spiro atoms. The van der Waals surface area contributed by atoms with E-state index in [1.807, 2.05) is 0 Å². The van der Waals surface area contributed by atoms with E-state index in [2.05, 4.69) is 24.5 Å². The molecule has 1 atom stereocenters. The average molecular weight is 238 g/mol. The van der Waals surface area contributed by atoms with Crippen molar-refractivity contribution in [3.63, 3.8) is 0 Å². The van der Waals surface area contributed by atoms with Crippen LogP contribution in [0.3, 0.4) is 0 Å². The first-order chi connectivity index (χ1) is 8.06. The number of nitrogens with one attached hydrogen (secondary N) is 2. The van der Waals surface area contributed by atoms with E-state index < -0.39 is 0 Å². The molecule has 0 aromatic heterocycles. The molecule has 1 saturated carbocycles. The van der Waals surface area contributed by atoms with Crippen LogP contribution in [0.15, 0.2) is 0 Å². The van der Waals surface area contributed by atoms with Crippen molar-refractivity contribution < 1.29 is 9.59 Å². The molecular weight excluding hydrogens is 216 g/mol. The van der Waals surface area contributed by atoms with E-state index in [0.29, 0.717) is 5.92 Å². The van der Waals surface area contributed by atoms with Crippen LogP contribution in [-0.2, 0) is 4.79 Å². The second kappa shape index (κ2) is 5.07. The van der Waals surface area contributed by atoms with Gasteiger partial charge in [0.2, 0.25) is 0 Å². The van der Waals surface area contributed by atoms with E-state index in [9.17, 15) is 9.59 Å². The Bertz CT molecular complexity index is 307. The Balaban J connectivity index is 1.83. The van der Waals surface area contributed by atoms with Gasteiger partial charge in [-0.3, -0.25) is 10.1 Å². The second-order valence-corrected chi connectivity index (χ2v) is 5.85. The lowest BCUT2D eigenvalue weighted by Crippen LogP contribution is -2.38. The number of amides is 3. The van der Waals surface area contributed by atoms with Gasteiger partial charge in [0.15, 0.2) is 0 Å². The van der Waals surface area contributed by atoms with Gasteiger partial charge >= 0.3 is 6.03 Å². The molecule has 1 unspecified atom stereocenters. The van der Waals surface area contributed by atoms with Crippen LogP contribution in [0.25, 0.3) is 0 Å². The van der Waals surface area contributed by atoms with E-state index in [-0.39, 0.29) is 18.0 Å². The summed E-state index contributed by atoms with van der Waals surface area (Å²) in [5.41, 5.74) is 0. The maximum absolute atomic E-state index is 11.5. The number of hydrogen-bond donors (Lipinski definition) is 2. The Kier molecular flexibility index (Phi) is 3.69. The number of urea groups is 1. The minimum atomic E-state index is -0.329. The van der Waals surface area contributed by atoms with Gasteiger partial charge in [-0.25, -0.2) is 4.79 Å². The van der Waals surface area contributed by atoms with Crippen molar-refractivity contribution in [2.75, 3.05) is 0 Å². The normalized spacial score (nSPS) is 33.7. The molecule has 1 heterocycles. The zero-order chi connectivity index (χ0) is 12.4. The lowest BCUT2D eigenvalue weighted by atomic mass is 9.76. The summed E-state index contributed by atoms with van der Waals surface area (Å²) < 4.78 is 0. The lowest BCUT2D eigenvalue weighted by Gasteiger charge is -2.31. The summed E-state index contributed by atoms with van der Waals surface area (Å²) in [5, 5.41) is 5.05. The third kappa shape index (κ3) is 2.99. The van der Waals surface area contributed by atoms with Crippen LogP contribution in [0.4, 0.5) is 4.79 Å². The van der Waals surface area contributed by atoms with Crippen molar-refractivity contribution >= 4 is 11.9 Å². The van der Waals surface area contributed by atoms with Gasteiger partial charge in [-0.15, -0.1) is 0 Å². The molecule has 0 aromatic carbocycles. The van der Waals surface area contributed by atoms with Crippen LogP contribution in [0.1, 0.15) is 46.0 Å². The highest BCUT2D eigenvalue weighted by atomic mass is 16.2. The van der Waals surface area contributed by atoms with Crippen LogP contribution in [0.2, 0.25) is 0 Å². The van der Waals surface area contributed by atoms with Crippen LogP contribution in [0.5, 0.6) is 0 Å². The maximum Gasteiger partial charge on any atom is 0.322 e. The lowest BCUT2D eigenvalue weighted by molar-refractivity contribution is -0.121. The number of rotatable bonds is 3. The highest BCUT2D eigenvalue weighted by Gasteiger charge is 2.37. The van der Waals surface area contributed by atoms with Crippen molar-refractivity contribution in [1.29, 1.82) is 0 Å². The van der Waals surface area contributed by atoms with Crippen molar-refractivity contribution in [2.24, 2.45) is 17.8 Å². The fourth-order valence-corrected chi connectivity index (χ4v) is 3.19. The van der Waals surface area contributed by atoms with E-state index in [0.717, 1.165) is 24.7 Å². The molecule has 0 aromatic rings. The molecule has 1 aliphatic carbocycles. The Hall–Kier alpha value is -1.06. The fraction of sp³-hybridized carbons (Fsp3) is 0.846. The molecule has 2 N–H and O–H groups in total. The Morgan fingerprint density at radius 2 is 1.82 bits per heavy atom. The number of carbonyl (C=O) groups is 2. The molecule has 2 fully saturated rings. The Labute approximate surface area is 103 Å². The molecule has 0 bridgehead atoms. The Morgan fingerprint density at radius 3 is 2.29 bits per heavy atom.